The fourth-order valence-electron chi connectivity index (χ4n) is 1.72. The summed E-state index contributed by atoms with van der Waals surface area (Å²) in [6, 6.07) is 0. The number of hydrogen-bond donors (Lipinski definition) is 2. The van der Waals surface area contributed by atoms with E-state index in [0.29, 0.717) is 4.75 Å². The monoisotopic (exact) mass is 229 g/mol. The van der Waals surface area contributed by atoms with Gasteiger partial charge in [-0.05, 0) is 39.4 Å². The van der Waals surface area contributed by atoms with Crippen LogP contribution in [0.4, 0.5) is 0 Å². The molecule has 1 atom stereocenters. The van der Waals surface area contributed by atoms with E-state index in [4.69, 9.17) is 0 Å². The predicted molar refractivity (Wildman–Crippen MR) is 69.8 cm³/mol. The van der Waals surface area contributed by atoms with Crippen LogP contribution in [0.25, 0.3) is 0 Å². The summed E-state index contributed by atoms with van der Waals surface area (Å²) in [5.41, 5.74) is 0. The Morgan fingerprint density at radius 1 is 1.33 bits per heavy atom. The van der Waals surface area contributed by atoms with Gasteiger partial charge in [-0.3, -0.25) is 4.99 Å². The maximum atomic E-state index is 4.63. The summed E-state index contributed by atoms with van der Waals surface area (Å²) in [6.07, 6.45) is 2.64. The molecule has 0 aromatic rings. The fraction of sp³-hybridized carbons (Fsp3) is 0.909. The molecule has 0 saturated carbocycles. The third-order valence-corrected chi connectivity index (χ3v) is 4.08. The number of nitrogens with zero attached hydrogens (tertiary/aromatic N) is 1. The molecule has 4 heteroatoms. The van der Waals surface area contributed by atoms with Crippen molar-refractivity contribution in [2.24, 2.45) is 4.99 Å². The maximum Gasteiger partial charge on any atom is 0.191 e. The number of aliphatic imine (C=N–C) groups is 1. The van der Waals surface area contributed by atoms with Gasteiger partial charge in [-0.2, -0.15) is 11.8 Å². The molecule has 15 heavy (non-hydrogen) atoms. The highest BCUT2D eigenvalue weighted by atomic mass is 32.2. The van der Waals surface area contributed by atoms with Gasteiger partial charge in [-0.25, -0.2) is 0 Å². The van der Waals surface area contributed by atoms with Crippen LogP contribution < -0.4 is 10.6 Å². The average molecular weight is 229 g/mol. The molecule has 0 amide bonds. The van der Waals surface area contributed by atoms with Gasteiger partial charge in [-0.15, -0.1) is 0 Å². The Kier molecular flexibility index (Phi) is 5.29. The summed E-state index contributed by atoms with van der Waals surface area (Å²) < 4.78 is 0.371. The van der Waals surface area contributed by atoms with Crippen molar-refractivity contribution in [1.82, 2.24) is 10.6 Å². The zero-order valence-corrected chi connectivity index (χ0v) is 10.9. The van der Waals surface area contributed by atoms with Gasteiger partial charge in [0.2, 0.25) is 0 Å². The van der Waals surface area contributed by atoms with Crippen LogP contribution >= 0.6 is 11.8 Å². The summed E-state index contributed by atoms with van der Waals surface area (Å²) in [5.74, 6) is 2.25. The van der Waals surface area contributed by atoms with Crippen molar-refractivity contribution < 1.29 is 0 Å². The van der Waals surface area contributed by atoms with Gasteiger partial charge >= 0.3 is 0 Å². The predicted octanol–water partition coefficient (Wildman–Crippen LogP) is 1.85. The van der Waals surface area contributed by atoms with E-state index >= 15 is 0 Å². The third kappa shape index (κ3) is 4.33. The zero-order chi connectivity index (χ0) is 11.1. The van der Waals surface area contributed by atoms with Gasteiger partial charge in [0, 0.05) is 17.8 Å². The first-order chi connectivity index (χ1) is 7.20. The summed E-state index contributed by atoms with van der Waals surface area (Å²) in [6.45, 7) is 9.29. The van der Waals surface area contributed by atoms with Gasteiger partial charge in [-0.1, -0.05) is 0 Å². The molecule has 0 spiro atoms. The summed E-state index contributed by atoms with van der Waals surface area (Å²) >= 11 is 2.06. The number of nitrogens with one attached hydrogen (secondary N) is 2. The SMILES string of the molecule is CCNC(=NC[C@@]1(C)CCCS1)NCC. The van der Waals surface area contributed by atoms with E-state index in [2.05, 4.69) is 48.2 Å². The van der Waals surface area contributed by atoms with E-state index < -0.39 is 0 Å². The smallest absolute Gasteiger partial charge is 0.191 e. The molecule has 3 nitrogen and oxygen atoms in total. The number of thioether (sulfide) groups is 1. The van der Waals surface area contributed by atoms with Crippen molar-refractivity contribution in [3.8, 4) is 0 Å². The van der Waals surface area contributed by atoms with Crippen molar-refractivity contribution in [3.63, 3.8) is 0 Å². The van der Waals surface area contributed by atoms with Crippen LogP contribution in [0.3, 0.4) is 0 Å². The fourth-order valence-corrected chi connectivity index (χ4v) is 2.94. The van der Waals surface area contributed by atoms with Gasteiger partial charge in [0.15, 0.2) is 5.96 Å². The third-order valence-electron chi connectivity index (χ3n) is 2.56. The Balaban J connectivity index is 2.43. The quantitative estimate of drug-likeness (QED) is 0.570. The minimum atomic E-state index is 0.371. The lowest BCUT2D eigenvalue weighted by Gasteiger charge is -2.20. The van der Waals surface area contributed by atoms with Crippen molar-refractivity contribution in [2.75, 3.05) is 25.4 Å². The average Bonchev–Trinajstić information content (AvgIpc) is 2.63. The molecule has 0 aromatic heterocycles. The Morgan fingerprint density at radius 3 is 2.47 bits per heavy atom. The second-order valence-corrected chi connectivity index (χ2v) is 5.81. The summed E-state index contributed by atoms with van der Waals surface area (Å²) in [7, 11) is 0. The molecule has 1 fully saturated rings. The van der Waals surface area contributed by atoms with Gasteiger partial charge in [0.1, 0.15) is 0 Å². The van der Waals surface area contributed by atoms with Gasteiger partial charge in [0.05, 0.1) is 6.54 Å². The Morgan fingerprint density at radius 2 is 2.00 bits per heavy atom. The molecule has 1 saturated heterocycles. The number of guanidine groups is 1. The van der Waals surface area contributed by atoms with Gasteiger partial charge in [0.25, 0.3) is 0 Å². The highest BCUT2D eigenvalue weighted by molar-refractivity contribution is 8.00. The first-order valence-electron chi connectivity index (χ1n) is 5.86. The molecule has 1 aliphatic heterocycles. The van der Waals surface area contributed by atoms with Crippen molar-refractivity contribution in [1.29, 1.82) is 0 Å². The Labute approximate surface area is 97.5 Å². The second kappa shape index (κ2) is 6.26. The Bertz CT molecular complexity index is 202. The van der Waals surface area contributed by atoms with E-state index in [1.807, 2.05) is 0 Å². The topological polar surface area (TPSA) is 36.4 Å². The molecule has 0 unspecified atom stereocenters. The lowest BCUT2D eigenvalue weighted by molar-refractivity contribution is 0.615. The first kappa shape index (κ1) is 12.7. The number of hydrogen-bond acceptors (Lipinski definition) is 2. The number of rotatable bonds is 4. The lowest BCUT2D eigenvalue weighted by Crippen LogP contribution is -2.38. The molecule has 88 valence electrons. The van der Waals surface area contributed by atoms with E-state index in [-0.39, 0.29) is 0 Å². The zero-order valence-electron chi connectivity index (χ0n) is 10.1. The van der Waals surface area contributed by atoms with Crippen LogP contribution in [0, 0.1) is 0 Å². The molecule has 1 heterocycles. The molecule has 0 radical (unpaired) electrons. The molecule has 0 aliphatic carbocycles. The molecule has 1 aliphatic rings. The molecule has 2 N–H and O–H groups in total. The van der Waals surface area contributed by atoms with Crippen LogP contribution in [0.15, 0.2) is 4.99 Å². The largest absolute Gasteiger partial charge is 0.357 e. The second-order valence-electron chi connectivity index (χ2n) is 4.13. The molecule has 0 bridgehead atoms. The van der Waals surface area contributed by atoms with Crippen LogP contribution in [0.2, 0.25) is 0 Å². The Hall–Kier alpha value is -0.380. The normalized spacial score (nSPS) is 25.0. The highest BCUT2D eigenvalue weighted by Gasteiger charge is 2.29. The molecule has 1 rings (SSSR count). The van der Waals surface area contributed by atoms with Crippen molar-refractivity contribution in [3.05, 3.63) is 0 Å². The van der Waals surface area contributed by atoms with Crippen molar-refractivity contribution in [2.45, 2.75) is 38.4 Å². The lowest BCUT2D eigenvalue weighted by atomic mass is 10.1. The molecular weight excluding hydrogens is 206 g/mol. The standard InChI is InChI=1S/C11H23N3S/c1-4-12-10(13-5-2)14-9-11(3)7-6-8-15-11/h4-9H2,1-3H3,(H2,12,13,14)/t11-/m1/s1. The van der Waals surface area contributed by atoms with E-state index in [9.17, 15) is 0 Å². The van der Waals surface area contributed by atoms with Crippen molar-refractivity contribution >= 4 is 17.7 Å². The van der Waals surface area contributed by atoms with Crippen LogP contribution in [-0.2, 0) is 0 Å². The van der Waals surface area contributed by atoms with E-state index in [1.54, 1.807) is 0 Å². The molecule has 0 aromatic carbocycles. The van der Waals surface area contributed by atoms with Crippen LogP contribution in [0.5, 0.6) is 0 Å². The summed E-state index contributed by atoms with van der Waals surface area (Å²) in [5, 5.41) is 6.51. The minimum absolute atomic E-state index is 0.371. The first-order valence-corrected chi connectivity index (χ1v) is 6.85. The molecular formula is C11H23N3S. The summed E-state index contributed by atoms with van der Waals surface area (Å²) in [4.78, 5) is 4.63. The highest BCUT2D eigenvalue weighted by Crippen LogP contribution is 2.37. The minimum Gasteiger partial charge on any atom is -0.357 e. The van der Waals surface area contributed by atoms with E-state index in [1.165, 1.54) is 18.6 Å². The maximum absolute atomic E-state index is 4.63. The van der Waals surface area contributed by atoms with Gasteiger partial charge < -0.3 is 10.6 Å². The van der Waals surface area contributed by atoms with Crippen LogP contribution in [0.1, 0.15) is 33.6 Å². The van der Waals surface area contributed by atoms with E-state index in [0.717, 1.165) is 25.6 Å². The van der Waals surface area contributed by atoms with Crippen LogP contribution in [-0.4, -0.2) is 36.1 Å².